The fourth-order valence-electron chi connectivity index (χ4n) is 1.06. The number of benzene rings is 1. The van der Waals surface area contributed by atoms with E-state index < -0.39 is 11.8 Å². The SMILES string of the molecule is CC(C)OC(=O)c1ccc(F)cc1C#N. The largest absolute Gasteiger partial charge is 0.459 e. The number of carbonyl (C=O) groups excluding carboxylic acids is 1. The second-order valence-corrected chi connectivity index (χ2v) is 3.26. The van der Waals surface area contributed by atoms with E-state index in [1.54, 1.807) is 19.9 Å². The van der Waals surface area contributed by atoms with Crippen LogP contribution in [0, 0.1) is 17.1 Å². The van der Waals surface area contributed by atoms with E-state index in [9.17, 15) is 9.18 Å². The maximum absolute atomic E-state index is 12.8. The van der Waals surface area contributed by atoms with Crippen LogP contribution in [0.4, 0.5) is 4.39 Å². The van der Waals surface area contributed by atoms with Crippen molar-refractivity contribution >= 4 is 5.97 Å². The summed E-state index contributed by atoms with van der Waals surface area (Å²) in [7, 11) is 0. The summed E-state index contributed by atoms with van der Waals surface area (Å²) in [5, 5.41) is 8.70. The smallest absolute Gasteiger partial charge is 0.339 e. The quantitative estimate of drug-likeness (QED) is 0.699. The van der Waals surface area contributed by atoms with E-state index in [0.29, 0.717) is 0 Å². The van der Waals surface area contributed by atoms with Crippen molar-refractivity contribution in [3.63, 3.8) is 0 Å². The fraction of sp³-hybridized carbons (Fsp3) is 0.273. The summed E-state index contributed by atoms with van der Waals surface area (Å²) in [5.41, 5.74) is 0.0771. The van der Waals surface area contributed by atoms with Crippen LogP contribution in [0.3, 0.4) is 0 Å². The van der Waals surface area contributed by atoms with Crippen LogP contribution in [0.1, 0.15) is 29.8 Å². The van der Waals surface area contributed by atoms with Crippen molar-refractivity contribution < 1.29 is 13.9 Å². The maximum Gasteiger partial charge on any atom is 0.339 e. The van der Waals surface area contributed by atoms with Crippen molar-refractivity contribution in [2.45, 2.75) is 20.0 Å². The highest BCUT2D eigenvalue weighted by Crippen LogP contribution is 2.12. The molecule has 0 heterocycles. The van der Waals surface area contributed by atoms with Gasteiger partial charge in [0, 0.05) is 0 Å². The summed E-state index contributed by atoms with van der Waals surface area (Å²) in [5.74, 6) is -1.16. The Labute approximate surface area is 87.1 Å². The van der Waals surface area contributed by atoms with Crippen LogP contribution in [-0.2, 0) is 4.74 Å². The minimum atomic E-state index is -0.610. The van der Waals surface area contributed by atoms with Gasteiger partial charge in [0.2, 0.25) is 0 Å². The lowest BCUT2D eigenvalue weighted by molar-refractivity contribution is 0.0377. The molecule has 0 aliphatic rings. The number of esters is 1. The Balaban J connectivity index is 3.04. The molecule has 0 spiro atoms. The van der Waals surface area contributed by atoms with Crippen LogP contribution in [0.2, 0.25) is 0 Å². The second kappa shape index (κ2) is 4.56. The zero-order valence-corrected chi connectivity index (χ0v) is 8.45. The summed E-state index contributed by atoms with van der Waals surface area (Å²) in [6.07, 6.45) is -0.269. The molecule has 0 bridgehead atoms. The van der Waals surface area contributed by atoms with Gasteiger partial charge in [-0.05, 0) is 32.0 Å². The Hall–Kier alpha value is -1.89. The number of ether oxygens (including phenoxy) is 1. The maximum atomic E-state index is 12.8. The first kappa shape index (κ1) is 11.2. The van der Waals surface area contributed by atoms with E-state index in [1.807, 2.05) is 0 Å². The zero-order chi connectivity index (χ0) is 11.4. The molecule has 0 atom stereocenters. The normalized spacial score (nSPS) is 9.80. The molecule has 0 aliphatic carbocycles. The molecule has 1 aromatic rings. The molecular formula is C11H10FNO2. The van der Waals surface area contributed by atoms with Gasteiger partial charge < -0.3 is 4.74 Å². The first-order chi connectivity index (χ1) is 7.04. The Kier molecular flexibility index (Phi) is 3.40. The average Bonchev–Trinajstić information content (AvgIpc) is 2.16. The highest BCUT2D eigenvalue weighted by atomic mass is 19.1. The molecule has 0 saturated carbocycles. The van der Waals surface area contributed by atoms with Gasteiger partial charge in [0.1, 0.15) is 11.9 Å². The molecule has 78 valence electrons. The van der Waals surface area contributed by atoms with Crippen LogP contribution in [0.15, 0.2) is 18.2 Å². The van der Waals surface area contributed by atoms with Gasteiger partial charge in [-0.15, -0.1) is 0 Å². The monoisotopic (exact) mass is 207 g/mol. The van der Waals surface area contributed by atoms with Gasteiger partial charge in [-0.3, -0.25) is 0 Å². The lowest BCUT2D eigenvalue weighted by Gasteiger charge is -2.08. The van der Waals surface area contributed by atoms with Crippen LogP contribution in [0.25, 0.3) is 0 Å². The third-order valence-corrected chi connectivity index (χ3v) is 1.66. The van der Waals surface area contributed by atoms with E-state index in [-0.39, 0.29) is 17.2 Å². The van der Waals surface area contributed by atoms with Gasteiger partial charge in [0.05, 0.1) is 17.2 Å². The second-order valence-electron chi connectivity index (χ2n) is 3.26. The first-order valence-corrected chi connectivity index (χ1v) is 4.45. The Morgan fingerprint density at radius 2 is 2.20 bits per heavy atom. The van der Waals surface area contributed by atoms with Crippen molar-refractivity contribution in [3.8, 4) is 6.07 Å². The topological polar surface area (TPSA) is 50.1 Å². The Morgan fingerprint density at radius 3 is 2.73 bits per heavy atom. The van der Waals surface area contributed by atoms with Crippen molar-refractivity contribution in [2.24, 2.45) is 0 Å². The van der Waals surface area contributed by atoms with Crippen LogP contribution < -0.4 is 0 Å². The molecule has 1 rings (SSSR count). The molecule has 0 amide bonds. The summed E-state index contributed by atoms with van der Waals surface area (Å²) < 4.78 is 17.7. The van der Waals surface area contributed by atoms with Crippen molar-refractivity contribution in [2.75, 3.05) is 0 Å². The number of carbonyl (C=O) groups is 1. The van der Waals surface area contributed by atoms with E-state index in [2.05, 4.69) is 0 Å². The van der Waals surface area contributed by atoms with Gasteiger partial charge in [0.15, 0.2) is 0 Å². The number of nitrogens with zero attached hydrogens (tertiary/aromatic N) is 1. The predicted octanol–water partition coefficient (Wildman–Crippen LogP) is 2.26. The summed E-state index contributed by atoms with van der Waals surface area (Å²) in [4.78, 5) is 11.5. The van der Waals surface area contributed by atoms with E-state index in [4.69, 9.17) is 10.00 Å². The third kappa shape index (κ3) is 2.78. The van der Waals surface area contributed by atoms with E-state index in [0.717, 1.165) is 12.1 Å². The summed E-state index contributed by atoms with van der Waals surface area (Å²) >= 11 is 0. The van der Waals surface area contributed by atoms with Gasteiger partial charge >= 0.3 is 5.97 Å². The van der Waals surface area contributed by atoms with Gasteiger partial charge in [0.25, 0.3) is 0 Å². The molecular weight excluding hydrogens is 197 g/mol. The van der Waals surface area contributed by atoms with Crippen LogP contribution >= 0.6 is 0 Å². The number of halogens is 1. The molecule has 0 saturated heterocycles. The Bertz CT molecular complexity index is 421. The standard InChI is InChI=1S/C11H10FNO2/c1-7(2)15-11(14)10-4-3-9(12)5-8(10)6-13/h3-5,7H,1-2H3. The summed E-state index contributed by atoms with van der Waals surface area (Å²) in [6, 6.07) is 5.13. The molecule has 0 aliphatic heterocycles. The molecule has 0 radical (unpaired) electrons. The van der Waals surface area contributed by atoms with Crippen molar-refractivity contribution in [3.05, 3.63) is 35.1 Å². The van der Waals surface area contributed by atoms with Gasteiger partial charge in [-0.2, -0.15) is 5.26 Å². The van der Waals surface area contributed by atoms with Crippen molar-refractivity contribution in [1.29, 1.82) is 5.26 Å². The van der Waals surface area contributed by atoms with Crippen molar-refractivity contribution in [1.82, 2.24) is 0 Å². The van der Waals surface area contributed by atoms with Crippen LogP contribution in [-0.4, -0.2) is 12.1 Å². The minimum Gasteiger partial charge on any atom is -0.459 e. The number of hydrogen-bond donors (Lipinski definition) is 0. The number of nitriles is 1. The average molecular weight is 207 g/mol. The summed E-state index contributed by atoms with van der Waals surface area (Å²) in [6.45, 7) is 3.40. The number of hydrogen-bond acceptors (Lipinski definition) is 3. The highest BCUT2D eigenvalue weighted by molar-refractivity contribution is 5.92. The Morgan fingerprint density at radius 1 is 1.53 bits per heavy atom. The lowest BCUT2D eigenvalue weighted by atomic mass is 10.1. The molecule has 0 fully saturated rings. The van der Waals surface area contributed by atoms with E-state index >= 15 is 0 Å². The highest BCUT2D eigenvalue weighted by Gasteiger charge is 2.14. The third-order valence-electron chi connectivity index (χ3n) is 1.66. The molecule has 1 aromatic carbocycles. The fourth-order valence-corrected chi connectivity index (χ4v) is 1.06. The molecule has 0 unspecified atom stereocenters. The van der Waals surface area contributed by atoms with Gasteiger partial charge in [-0.1, -0.05) is 0 Å². The predicted molar refractivity (Wildman–Crippen MR) is 51.7 cm³/mol. The molecule has 0 N–H and O–H groups in total. The zero-order valence-electron chi connectivity index (χ0n) is 8.45. The molecule has 4 heteroatoms. The van der Waals surface area contributed by atoms with Gasteiger partial charge in [-0.25, -0.2) is 9.18 Å². The molecule has 0 aromatic heterocycles. The lowest BCUT2D eigenvalue weighted by Crippen LogP contribution is -2.13. The molecule has 3 nitrogen and oxygen atoms in total. The minimum absolute atomic E-state index is 0.0133. The van der Waals surface area contributed by atoms with Crippen LogP contribution in [0.5, 0.6) is 0 Å². The first-order valence-electron chi connectivity index (χ1n) is 4.45. The number of rotatable bonds is 2. The van der Waals surface area contributed by atoms with E-state index in [1.165, 1.54) is 6.07 Å². The molecule has 15 heavy (non-hydrogen) atoms.